The summed E-state index contributed by atoms with van der Waals surface area (Å²) in [7, 11) is 3.72. The van der Waals surface area contributed by atoms with Gasteiger partial charge in [-0.2, -0.15) is 5.10 Å². The predicted octanol–water partition coefficient (Wildman–Crippen LogP) is 3.26. The number of fused-ring (bicyclic) bond motifs is 1. The lowest BCUT2D eigenvalue weighted by atomic mass is 10.0. The number of hydrogen-bond acceptors (Lipinski definition) is 4. The first kappa shape index (κ1) is 16.8. The van der Waals surface area contributed by atoms with Crippen LogP contribution in [0.4, 0.5) is 0 Å². The van der Waals surface area contributed by atoms with Crippen molar-refractivity contribution in [2.75, 3.05) is 14.1 Å². The molecule has 0 amide bonds. The molecule has 0 aliphatic carbocycles. The largest absolute Gasteiger partial charge is 0.508 e. The highest BCUT2D eigenvalue weighted by Gasteiger charge is 2.17. The average molecular weight is 334 g/mol. The number of nitrogens with zero attached hydrogens (tertiary/aromatic N) is 3. The van der Waals surface area contributed by atoms with E-state index < -0.39 is 0 Å². The molecule has 0 aliphatic heterocycles. The maximum absolute atomic E-state index is 10.4. The van der Waals surface area contributed by atoms with Crippen molar-refractivity contribution in [1.82, 2.24) is 15.3 Å². The van der Waals surface area contributed by atoms with Crippen LogP contribution in [-0.2, 0) is 6.54 Å². The third-order valence-electron chi connectivity index (χ3n) is 4.21. The van der Waals surface area contributed by atoms with Gasteiger partial charge in [0, 0.05) is 32.4 Å². The third-order valence-corrected chi connectivity index (χ3v) is 4.21. The Morgan fingerprint density at radius 3 is 2.72 bits per heavy atom. The van der Waals surface area contributed by atoms with Gasteiger partial charge < -0.3 is 15.4 Å². The standard InChI is InChI=1S/C20H22N4O/c1-14-7-6-12-22-19(14)20(23-21-2)24(3)13-17-16-9-5-4-8-15(16)10-11-18(17)25/h4-12,21,25H,13H2,1-3H3/b23-20-. The Bertz CT molecular complexity index is 920. The normalized spacial score (nSPS) is 11.6. The number of rotatable bonds is 4. The van der Waals surface area contributed by atoms with Crippen molar-refractivity contribution in [3.63, 3.8) is 0 Å². The van der Waals surface area contributed by atoms with Gasteiger partial charge in [0.25, 0.3) is 0 Å². The fourth-order valence-electron chi connectivity index (χ4n) is 2.95. The average Bonchev–Trinajstić information content (AvgIpc) is 2.63. The van der Waals surface area contributed by atoms with Gasteiger partial charge >= 0.3 is 0 Å². The molecule has 0 aliphatic rings. The molecule has 1 aromatic heterocycles. The molecule has 0 saturated heterocycles. The first-order valence-electron chi connectivity index (χ1n) is 8.19. The highest BCUT2D eigenvalue weighted by Crippen LogP contribution is 2.28. The van der Waals surface area contributed by atoms with Crippen molar-refractivity contribution in [1.29, 1.82) is 0 Å². The molecule has 0 fully saturated rings. The number of aromatic hydroxyl groups is 1. The van der Waals surface area contributed by atoms with E-state index in [4.69, 9.17) is 0 Å². The fraction of sp³-hybridized carbons (Fsp3) is 0.200. The number of phenolic OH excluding ortho intramolecular Hbond substituents is 1. The monoisotopic (exact) mass is 334 g/mol. The van der Waals surface area contributed by atoms with Crippen LogP contribution in [0.2, 0.25) is 0 Å². The Balaban J connectivity index is 2.01. The molecule has 5 heteroatoms. The molecular weight excluding hydrogens is 312 g/mol. The van der Waals surface area contributed by atoms with Crippen LogP contribution in [-0.4, -0.2) is 34.9 Å². The Morgan fingerprint density at radius 2 is 1.96 bits per heavy atom. The van der Waals surface area contributed by atoms with Gasteiger partial charge in [-0.25, -0.2) is 0 Å². The number of amidine groups is 1. The molecule has 3 rings (SSSR count). The number of pyridine rings is 1. The zero-order valence-corrected chi connectivity index (χ0v) is 14.7. The number of hydrogen-bond donors (Lipinski definition) is 2. The van der Waals surface area contributed by atoms with Gasteiger partial charge in [-0.05, 0) is 35.4 Å². The molecular formula is C20H22N4O. The molecule has 1 heterocycles. The molecule has 25 heavy (non-hydrogen) atoms. The van der Waals surface area contributed by atoms with Crippen LogP contribution in [0, 0.1) is 6.92 Å². The van der Waals surface area contributed by atoms with Crippen LogP contribution in [0.15, 0.2) is 59.8 Å². The first-order valence-corrected chi connectivity index (χ1v) is 8.19. The van der Waals surface area contributed by atoms with E-state index in [1.165, 1.54) is 0 Å². The van der Waals surface area contributed by atoms with Crippen molar-refractivity contribution >= 4 is 16.6 Å². The van der Waals surface area contributed by atoms with E-state index in [-0.39, 0.29) is 5.75 Å². The molecule has 0 atom stereocenters. The second-order valence-electron chi connectivity index (χ2n) is 5.97. The van der Waals surface area contributed by atoms with Crippen molar-refractivity contribution in [2.45, 2.75) is 13.5 Å². The Kier molecular flexibility index (Phi) is 4.84. The number of aromatic nitrogens is 1. The molecule has 2 aromatic carbocycles. The van der Waals surface area contributed by atoms with E-state index in [1.807, 2.05) is 61.3 Å². The van der Waals surface area contributed by atoms with Gasteiger partial charge in [0.2, 0.25) is 0 Å². The van der Waals surface area contributed by atoms with E-state index in [0.29, 0.717) is 6.54 Å². The van der Waals surface area contributed by atoms with Crippen LogP contribution >= 0.6 is 0 Å². The molecule has 3 aromatic rings. The van der Waals surface area contributed by atoms with Crippen molar-refractivity contribution in [2.24, 2.45) is 5.10 Å². The zero-order valence-electron chi connectivity index (χ0n) is 14.7. The minimum absolute atomic E-state index is 0.284. The Morgan fingerprint density at radius 1 is 1.16 bits per heavy atom. The predicted molar refractivity (Wildman–Crippen MR) is 102 cm³/mol. The summed E-state index contributed by atoms with van der Waals surface area (Å²) in [5, 5.41) is 16.9. The van der Waals surface area contributed by atoms with Crippen molar-refractivity contribution < 1.29 is 5.11 Å². The SMILES string of the molecule is CN/N=C(/c1ncccc1C)N(C)Cc1c(O)ccc2ccccc12. The molecule has 0 radical (unpaired) electrons. The van der Waals surface area contributed by atoms with Gasteiger partial charge in [-0.1, -0.05) is 36.4 Å². The lowest BCUT2D eigenvalue weighted by Gasteiger charge is -2.23. The smallest absolute Gasteiger partial charge is 0.174 e. The minimum Gasteiger partial charge on any atom is -0.508 e. The van der Waals surface area contributed by atoms with E-state index in [1.54, 1.807) is 19.3 Å². The minimum atomic E-state index is 0.284. The topological polar surface area (TPSA) is 60.8 Å². The molecule has 0 unspecified atom stereocenters. The number of benzene rings is 2. The van der Waals surface area contributed by atoms with Gasteiger partial charge in [0.1, 0.15) is 11.4 Å². The second kappa shape index (κ2) is 7.21. The van der Waals surface area contributed by atoms with Gasteiger partial charge in [-0.15, -0.1) is 0 Å². The highest BCUT2D eigenvalue weighted by molar-refractivity contribution is 5.98. The summed E-state index contributed by atoms with van der Waals surface area (Å²) in [6.45, 7) is 2.53. The molecule has 0 spiro atoms. The lowest BCUT2D eigenvalue weighted by molar-refractivity contribution is 0.442. The number of hydrazone groups is 1. The van der Waals surface area contributed by atoms with E-state index in [2.05, 4.69) is 15.5 Å². The zero-order chi connectivity index (χ0) is 17.8. The molecule has 2 N–H and O–H groups in total. The number of aryl methyl sites for hydroxylation is 1. The fourth-order valence-corrected chi connectivity index (χ4v) is 2.95. The highest BCUT2D eigenvalue weighted by atomic mass is 16.3. The maximum atomic E-state index is 10.4. The maximum Gasteiger partial charge on any atom is 0.174 e. The van der Waals surface area contributed by atoms with E-state index in [9.17, 15) is 5.11 Å². The van der Waals surface area contributed by atoms with Gasteiger partial charge in [0.05, 0.1) is 0 Å². The summed E-state index contributed by atoms with van der Waals surface area (Å²) >= 11 is 0. The number of phenols is 1. The molecule has 128 valence electrons. The summed E-state index contributed by atoms with van der Waals surface area (Å²) in [4.78, 5) is 6.46. The summed E-state index contributed by atoms with van der Waals surface area (Å²) in [6, 6.07) is 15.6. The van der Waals surface area contributed by atoms with E-state index >= 15 is 0 Å². The molecule has 0 bridgehead atoms. The summed E-state index contributed by atoms with van der Waals surface area (Å²) in [6.07, 6.45) is 1.76. The second-order valence-corrected chi connectivity index (χ2v) is 5.97. The first-order chi connectivity index (χ1) is 12.1. The van der Waals surface area contributed by atoms with Crippen molar-refractivity contribution in [3.05, 3.63) is 71.5 Å². The van der Waals surface area contributed by atoms with Crippen LogP contribution < -0.4 is 5.43 Å². The quantitative estimate of drug-likeness (QED) is 0.437. The summed E-state index contributed by atoms with van der Waals surface area (Å²) in [5.74, 6) is 1.01. The summed E-state index contributed by atoms with van der Waals surface area (Å²) in [5.41, 5.74) is 5.59. The van der Waals surface area contributed by atoms with Gasteiger partial charge in [-0.3, -0.25) is 4.98 Å². The van der Waals surface area contributed by atoms with Crippen LogP contribution in [0.1, 0.15) is 16.8 Å². The lowest BCUT2D eigenvalue weighted by Crippen LogP contribution is -2.30. The number of nitrogens with one attached hydrogen (secondary N) is 1. The molecule has 5 nitrogen and oxygen atoms in total. The van der Waals surface area contributed by atoms with Crippen LogP contribution in [0.5, 0.6) is 5.75 Å². The third kappa shape index (κ3) is 3.40. The Hall–Kier alpha value is -3.08. The van der Waals surface area contributed by atoms with Gasteiger partial charge in [0.15, 0.2) is 5.84 Å². The van der Waals surface area contributed by atoms with Crippen molar-refractivity contribution in [3.8, 4) is 5.75 Å². The van der Waals surface area contributed by atoms with E-state index in [0.717, 1.165) is 33.4 Å². The van der Waals surface area contributed by atoms with Crippen LogP contribution in [0.3, 0.4) is 0 Å². The molecule has 0 saturated carbocycles. The Labute approximate surface area is 147 Å². The van der Waals surface area contributed by atoms with Crippen LogP contribution in [0.25, 0.3) is 10.8 Å². The summed E-state index contributed by atoms with van der Waals surface area (Å²) < 4.78 is 0.